The number of nitrogens with zero attached hydrogens (tertiary/aromatic N) is 1. The molecule has 1 heterocycles. The Morgan fingerprint density at radius 2 is 2.06 bits per heavy atom. The van der Waals surface area contributed by atoms with Crippen molar-refractivity contribution in [1.29, 1.82) is 0 Å². The number of esters is 1. The van der Waals surface area contributed by atoms with Crippen molar-refractivity contribution in [1.82, 2.24) is 4.90 Å². The molecule has 0 aliphatic carbocycles. The number of carbonyl (C=O) groups excluding carboxylic acids is 1. The number of ether oxygens (including phenoxy) is 1. The summed E-state index contributed by atoms with van der Waals surface area (Å²) >= 11 is 5.10. The normalized spacial score (nSPS) is 19.9. The summed E-state index contributed by atoms with van der Waals surface area (Å²) in [7, 11) is 1.43. The van der Waals surface area contributed by atoms with E-state index < -0.39 is 0 Å². The van der Waals surface area contributed by atoms with Crippen LogP contribution < -0.4 is 5.73 Å². The smallest absolute Gasteiger partial charge is 0.305 e. The Morgan fingerprint density at radius 1 is 1.47 bits per heavy atom. The van der Waals surface area contributed by atoms with E-state index in [1.807, 2.05) is 0 Å². The average molecular weight is 258 g/mol. The van der Waals surface area contributed by atoms with E-state index in [9.17, 15) is 4.79 Å². The van der Waals surface area contributed by atoms with Crippen LogP contribution in [-0.4, -0.2) is 42.6 Å². The van der Waals surface area contributed by atoms with Crippen molar-refractivity contribution in [3.8, 4) is 0 Å². The highest BCUT2D eigenvalue weighted by Gasteiger charge is 2.32. The van der Waals surface area contributed by atoms with Crippen LogP contribution in [0, 0.1) is 5.41 Å². The highest BCUT2D eigenvalue weighted by molar-refractivity contribution is 7.80. The van der Waals surface area contributed by atoms with Crippen LogP contribution >= 0.6 is 12.2 Å². The summed E-state index contributed by atoms with van der Waals surface area (Å²) in [5, 5.41) is 0. The van der Waals surface area contributed by atoms with Crippen LogP contribution in [0.1, 0.15) is 32.6 Å². The average Bonchev–Trinajstić information content (AvgIpc) is 2.31. The number of rotatable bonds is 5. The van der Waals surface area contributed by atoms with Crippen molar-refractivity contribution in [3.63, 3.8) is 0 Å². The second-order valence-electron chi connectivity index (χ2n) is 4.95. The third-order valence-corrected chi connectivity index (χ3v) is 4.13. The van der Waals surface area contributed by atoms with Crippen LogP contribution in [0.25, 0.3) is 0 Å². The maximum Gasteiger partial charge on any atom is 0.305 e. The van der Waals surface area contributed by atoms with Crippen LogP contribution in [-0.2, 0) is 9.53 Å². The Bertz CT molecular complexity index is 286. The maximum atomic E-state index is 11.0. The van der Waals surface area contributed by atoms with Crippen LogP contribution in [0.2, 0.25) is 0 Å². The fourth-order valence-electron chi connectivity index (χ4n) is 2.07. The number of piperidine rings is 1. The fraction of sp³-hybridized carbons (Fsp3) is 0.833. The molecule has 0 aromatic heterocycles. The maximum absolute atomic E-state index is 11.0. The van der Waals surface area contributed by atoms with Crippen molar-refractivity contribution in [2.45, 2.75) is 32.6 Å². The van der Waals surface area contributed by atoms with E-state index in [1.165, 1.54) is 7.11 Å². The van der Waals surface area contributed by atoms with Gasteiger partial charge in [0.05, 0.1) is 12.1 Å². The van der Waals surface area contributed by atoms with Crippen molar-refractivity contribution in [3.05, 3.63) is 0 Å². The molecule has 0 amide bonds. The molecule has 0 radical (unpaired) electrons. The van der Waals surface area contributed by atoms with Crippen LogP contribution in [0.15, 0.2) is 0 Å². The molecule has 1 saturated heterocycles. The Hall–Kier alpha value is -0.680. The minimum Gasteiger partial charge on any atom is -0.469 e. The van der Waals surface area contributed by atoms with Gasteiger partial charge in [-0.1, -0.05) is 19.1 Å². The number of thiocarbonyl (C=S) groups is 1. The number of likely N-dealkylation sites (tertiary alicyclic amines) is 1. The summed E-state index contributed by atoms with van der Waals surface area (Å²) in [4.78, 5) is 14.0. The number of hydrogen-bond donors (Lipinski definition) is 1. The molecule has 0 spiro atoms. The van der Waals surface area contributed by atoms with E-state index in [-0.39, 0.29) is 11.4 Å². The summed E-state index contributed by atoms with van der Waals surface area (Å²) in [6.07, 6.45) is 3.39. The van der Waals surface area contributed by atoms with E-state index in [1.54, 1.807) is 0 Å². The highest BCUT2D eigenvalue weighted by atomic mass is 32.1. The summed E-state index contributed by atoms with van der Waals surface area (Å²) < 4.78 is 4.61. The highest BCUT2D eigenvalue weighted by Crippen LogP contribution is 2.31. The van der Waals surface area contributed by atoms with Crippen LogP contribution in [0.3, 0.4) is 0 Å². The zero-order chi connectivity index (χ0) is 12.9. The summed E-state index contributed by atoms with van der Waals surface area (Å²) in [5.41, 5.74) is 5.78. The van der Waals surface area contributed by atoms with E-state index in [2.05, 4.69) is 16.6 Å². The van der Waals surface area contributed by atoms with Gasteiger partial charge in [0.2, 0.25) is 0 Å². The second kappa shape index (κ2) is 6.31. The van der Waals surface area contributed by atoms with Crippen LogP contribution in [0.5, 0.6) is 0 Å². The standard InChI is InChI=1S/C12H22N2O2S/c1-12(11(13)17)5-8-14(9-6-12)7-3-4-10(15)16-2/h3-9H2,1-2H3,(H2,13,17). The van der Waals surface area contributed by atoms with E-state index >= 15 is 0 Å². The predicted octanol–water partition coefficient (Wildman–Crippen LogP) is 1.33. The van der Waals surface area contributed by atoms with Gasteiger partial charge in [-0.3, -0.25) is 4.79 Å². The Balaban J connectivity index is 2.24. The minimum atomic E-state index is -0.130. The van der Waals surface area contributed by atoms with Gasteiger partial charge in [-0.15, -0.1) is 0 Å². The molecule has 0 bridgehead atoms. The molecule has 0 atom stereocenters. The Morgan fingerprint density at radius 3 is 2.53 bits per heavy atom. The molecular formula is C12H22N2O2S. The first kappa shape index (κ1) is 14.4. The van der Waals surface area contributed by atoms with Gasteiger partial charge in [0.25, 0.3) is 0 Å². The molecule has 1 aliphatic heterocycles. The van der Waals surface area contributed by atoms with Gasteiger partial charge in [-0.2, -0.15) is 0 Å². The van der Waals surface area contributed by atoms with Gasteiger partial charge in [-0.25, -0.2) is 0 Å². The molecule has 1 aliphatic rings. The lowest BCUT2D eigenvalue weighted by molar-refractivity contribution is -0.140. The molecule has 0 unspecified atom stereocenters. The number of nitrogens with two attached hydrogens (primary N) is 1. The molecule has 1 fully saturated rings. The van der Waals surface area contributed by atoms with Gasteiger partial charge in [0, 0.05) is 11.8 Å². The van der Waals surface area contributed by atoms with Gasteiger partial charge >= 0.3 is 5.97 Å². The summed E-state index contributed by atoms with van der Waals surface area (Å²) in [6, 6.07) is 0. The van der Waals surface area contributed by atoms with Gasteiger partial charge in [0.15, 0.2) is 0 Å². The lowest BCUT2D eigenvalue weighted by atomic mass is 9.80. The molecule has 5 heteroatoms. The molecule has 98 valence electrons. The van der Waals surface area contributed by atoms with Crippen molar-refractivity contribution in [2.75, 3.05) is 26.7 Å². The van der Waals surface area contributed by atoms with Crippen molar-refractivity contribution < 1.29 is 9.53 Å². The SMILES string of the molecule is COC(=O)CCCN1CCC(C)(C(N)=S)CC1. The molecule has 0 aromatic rings. The summed E-state index contributed by atoms with van der Waals surface area (Å²) in [5.74, 6) is -0.130. The van der Waals surface area contributed by atoms with E-state index in [4.69, 9.17) is 18.0 Å². The topological polar surface area (TPSA) is 55.6 Å². The summed E-state index contributed by atoms with van der Waals surface area (Å²) in [6.45, 7) is 5.10. The van der Waals surface area contributed by atoms with E-state index in [0.717, 1.165) is 38.9 Å². The van der Waals surface area contributed by atoms with Gasteiger partial charge in [0.1, 0.15) is 0 Å². The monoisotopic (exact) mass is 258 g/mol. The molecule has 4 nitrogen and oxygen atoms in total. The number of carbonyl (C=O) groups is 1. The lowest BCUT2D eigenvalue weighted by Gasteiger charge is -2.38. The predicted molar refractivity (Wildman–Crippen MR) is 71.8 cm³/mol. The lowest BCUT2D eigenvalue weighted by Crippen LogP contribution is -2.44. The molecule has 0 saturated carbocycles. The first-order valence-electron chi connectivity index (χ1n) is 6.07. The number of methoxy groups -OCH3 is 1. The van der Waals surface area contributed by atoms with Gasteiger partial charge in [-0.05, 0) is 38.9 Å². The van der Waals surface area contributed by atoms with Gasteiger partial charge < -0.3 is 15.4 Å². The van der Waals surface area contributed by atoms with E-state index in [0.29, 0.717) is 11.4 Å². The Labute approximate surface area is 108 Å². The molecular weight excluding hydrogens is 236 g/mol. The molecule has 2 N–H and O–H groups in total. The zero-order valence-corrected chi connectivity index (χ0v) is 11.5. The molecule has 0 aromatic carbocycles. The largest absolute Gasteiger partial charge is 0.469 e. The first-order valence-corrected chi connectivity index (χ1v) is 6.48. The third kappa shape index (κ3) is 4.24. The molecule has 17 heavy (non-hydrogen) atoms. The van der Waals surface area contributed by atoms with Crippen molar-refractivity contribution >= 4 is 23.2 Å². The fourth-order valence-corrected chi connectivity index (χ4v) is 2.27. The quantitative estimate of drug-likeness (QED) is 0.595. The minimum absolute atomic E-state index is 0.0220. The van der Waals surface area contributed by atoms with Crippen LogP contribution in [0.4, 0.5) is 0 Å². The third-order valence-electron chi connectivity index (χ3n) is 3.64. The first-order chi connectivity index (χ1) is 7.98. The zero-order valence-electron chi connectivity index (χ0n) is 10.7. The number of hydrogen-bond acceptors (Lipinski definition) is 4. The molecule has 1 rings (SSSR count). The van der Waals surface area contributed by atoms with Crippen molar-refractivity contribution in [2.24, 2.45) is 11.1 Å². The second-order valence-corrected chi connectivity index (χ2v) is 5.39. The Kier molecular flexibility index (Phi) is 5.33.